The van der Waals surface area contributed by atoms with Crippen molar-refractivity contribution >= 4 is 23.3 Å². The highest BCUT2D eigenvalue weighted by atomic mass is 35.5. The second-order valence-corrected chi connectivity index (χ2v) is 7.93. The summed E-state index contributed by atoms with van der Waals surface area (Å²) >= 11 is 6.44. The molecule has 1 saturated heterocycles. The standard InChI is InChI=1S/C24H29ClN2O4/c1-18(28)19-8-10-20(11-9-19)31-14-4-7-24(29)26-17-23(27-12-15-30-16-13-27)21-5-2-3-6-22(21)25/h2-3,5-6,8-11,23H,4,7,12-17H2,1H3,(H,26,29). The molecule has 1 aliphatic rings. The molecule has 0 radical (unpaired) electrons. The second-order valence-electron chi connectivity index (χ2n) is 7.52. The summed E-state index contributed by atoms with van der Waals surface area (Å²) in [5, 5.41) is 3.76. The van der Waals surface area contributed by atoms with E-state index in [1.54, 1.807) is 24.3 Å². The third kappa shape index (κ3) is 7.06. The van der Waals surface area contributed by atoms with E-state index in [1.165, 1.54) is 6.92 Å². The SMILES string of the molecule is CC(=O)c1ccc(OCCCC(=O)NCC(c2ccccc2Cl)N2CCOCC2)cc1. The number of ketones is 1. The second kappa shape index (κ2) is 11.8. The monoisotopic (exact) mass is 444 g/mol. The fourth-order valence-electron chi connectivity index (χ4n) is 3.58. The Hall–Kier alpha value is -2.41. The van der Waals surface area contributed by atoms with Crippen LogP contribution in [0.2, 0.25) is 5.02 Å². The molecular formula is C24H29ClN2O4. The number of amides is 1. The molecule has 1 amide bonds. The van der Waals surface area contributed by atoms with Crippen LogP contribution >= 0.6 is 11.6 Å². The van der Waals surface area contributed by atoms with E-state index >= 15 is 0 Å². The summed E-state index contributed by atoms with van der Waals surface area (Å²) < 4.78 is 11.1. The maximum absolute atomic E-state index is 12.4. The van der Waals surface area contributed by atoms with Crippen LogP contribution < -0.4 is 10.1 Å². The van der Waals surface area contributed by atoms with Crippen LogP contribution in [-0.2, 0) is 9.53 Å². The minimum atomic E-state index is -0.0131. The van der Waals surface area contributed by atoms with Gasteiger partial charge in [-0.05, 0) is 49.2 Å². The van der Waals surface area contributed by atoms with E-state index in [0.29, 0.717) is 55.5 Å². The fraction of sp³-hybridized carbons (Fsp3) is 0.417. The number of carbonyl (C=O) groups is 2. The van der Waals surface area contributed by atoms with Crippen LogP contribution in [-0.4, -0.2) is 56.0 Å². The summed E-state index contributed by atoms with van der Waals surface area (Å²) in [6.07, 6.45) is 0.985. The van der Waals surface area contributed by atoms with Gasteiger partial charge < -0.3 is 14.8 Å². The Labute approximate surface area is 188 Å². The normalized spacial score (nSPS) is 15.3. The molecule has 1 fully saturated rings. The largest absolute Gasteiger partial charge is 0.494 e. The Morgan fingerprint density at radius 3 is 2.52 bits per heavy atom. The zero-order valence-corrected chi connectivity index (χ0v) is 18.6. The Kier molecular flexibility index (Phi) is 8.88. The maximum Gasteiger partial charge on any atom is 0.220 e. The van der Waals surface area contributed by atoms with E-state index in [2.05, 4.69) is 10.2 Å². The van der Waals surface area contributed by atoms with E-state index < -0.39 is 0 Å². The van der Waals surface area contributed by atoms with Crippen molar-refractivity contribution in [2.45, 2.75) is 25.8 Å². The van der Waals surface area contributed by atoms with Gasteiger partial charge in [-0.3, -0.25) is 14.5 Å². The predicted molar refractivity (Wildman–Crippen MR) is 121 cm³/mol. The average molecular weight is 445 g/mol. The molecule has 0 saturated carbocycles. The molecule has 1 heterocycles. The number of ether oxygens (including phenoxy) is 2. The van der Waals surface area contributed by atoms with Crippen LogP contribution in [0.3, 0.4) is 0 Å². The van der Waals surface area contributed by atoms with Crippen molar-refractivity contribution < 1.29 is 19.1 Å². The molecule has 2 aromatic rings. The van der Waals surface area contributed by atoms with Gasteiger partial charge in [-0.25, -0.2) is 0 Å². The highest BCUT2D eigenvalue weighted by Crippen LogP contribution is 2.27. The summed E-state index contributed by atoms with van der Waals surface area (Å²) in [6, 6.07) is 14.8. The molecule has 2 aromatic carbocycles. The number of benzene rings is 2. The average Bonchev–Trinajstić information content (AvgIpc) is 2.79. The lowest BCUT2D eigenvalue weighted by Gasteiger charge is -2.35. The Balaban J connectivity index is 1.46. The highest BCUT2D eigenvalue weighted by Gasteiger charge is 2.24. The third-order valence-corrected chi connectivity index (χ3v) is 5.67. The number of nitrogens with zero attached hydrogens (tertiary/aromatic N) is 1. The predicted octanol–water partition coefficient (Wildman–Crippen LogP) is 3.89. The van der Waals surface area contributed by atoms with E-state index in [9.17, 15) is 9.59 Å². The highest BCUT2D eigenvalue weighted by molar-refractivity contribution is 6.31. The number of Topliss-reactive ketones (excluding diaryl/α,β-unsaturated/α-hetero) is 1. The van der Waals surface area contributed by atoms with Gasteiger partial charge in [0.2, 0.25) is 5.91 Å². The fourth-order valence-corrected chi connectivity index (χ4v) is 3.84. The van der Waals surface area contributed by atoms with Gasteiger partial charge in [0.1, 0.15) is 5.75 Å². The van der Waals surface area contributed by atoms with Crippen LogP contribution in [0.25, 0.3) is 0 Å². The van der Waals surface area contributed by atoms with Crippen molar-refractivity contribution in [3.8, 4) is 5.75 Å². The molecule has 0 aromatic heterocycles. The number of morpholine rings is 1. The van der Waals surface area contributed by atoms with Crippen molar-refractivity contribution in [2.24, 2.45) is 0 Å². The van der Waals surface area contributed by atoms with Gasteiger partial charge >= 0.3 is 0 Å². The third-order valence-electron chi connectivity index (χ3n) is 5.32. The molecule has 1 atom stereocenters. The lowest BCUT2D eigenvalue weighted by atomic mass is 10.0. The lowest BCUT2D eigenvalue weighted by molar-refractivity contribution is -0.121. The number of hydrogen-bond acceptors (Lipinski definition) is 5. The summed E-state index contributed by atoms with van der Waals surface area (Å²) in [5.74, 6) is 0.702. The topological polar surface area (TPSA) is 67.9 Å². The quantitative estimate of drug-likeness (QED) is 0.444. The van der Waals surface area contributed by atoms with Crippen LogP contribution in [0.15, 0.2) is 48.5 Å². The van der Waals surface area contributed by atoms with Crippen LogP contribution in [0.1, 0.15) is 41.7 Å². The zero-order chi connectivity index (χ0) is 22.1. The van der Waals surface area contributed by atoms with Crippen molar-refractivity contribution in [1.29, 1.82) is 0 Å². The molecule has 1 N–H and O–H groups in total. The number of halogens is 1. The zero-order valence-electron chi connectivity index (χ0n) is 17.8. The van der Waals surface area contributed by atoms with Crippen molar-refractivity contribution in [1.82, 2.24) is 10.2 Å². The van der Waals surface area contributed by atoms with Gasteiger partial charge in [0.05, 0.1) is 25.9 Å². The van der Waals surface area contributed by atoms with Gasteiger partial charge in [0.15, 0.2) is 5.78 Å². The molecule has 3 rings (SSSR count). The summed E-state index contributed by atoms with van der Waals surface area (Å²) in [5.41, 5.74) is 1.67. The Bertz CT molecular complexity index is 866. The van der Waals surface area contributed by atoms with Gasteiger partial charge in [-0.2, -0.15) is 0 Å². The minimum Gasteiger partial charge on any atom is -0.494 e. The van der Waals surface area contributed by atoms with Gasteiger partial charge in [0, 0.05) is 36.6 Å². The van der Waals surface area contributed by atoms with Crippen LogP contribution in [0.5, 0.6) is 5.75 Å². The molecular weight excluding hydrogens is 416 g/mol. The number of carbonyl (C=O) groups excluding carboxylic acids is 2. The smallest absolute Gasteiger partial charge is 0.220 e. The molecule has 0 bridgehead atoms. The van der Waals surface area contributed by atoms with E-state index in [4.69, 9.17) is 21.1 Å². The minimum absolute atomic E-state index is 0.0117. The van der Waals surface area contributed by atoms with Crippen molar-refractivity contribution in [2.75, 3.05) is 39.5 Å². The first-order valence-electron chi connectivity index (χ1n) is 10.6. The Morgan fingerprint density at radius 1 is 1.13 bits per heavy atom. The molecule has 166 valence electrons. The van der Waals surface area contributed by atoms with Crippen molar-refractivity contribution in [3.05, 3.63) is 64.7 Å². The lowest BCUT2D eigenvalue weighted by Crippen LogP contribution is -2.44. The maximum atomic E-state index is 12.4. The molecule has 6 nitrogen and oxygen atoms in total. The van der Waals surface area contributed by atoms with Gasteiger partial charge in [-0.15, -0.1) is 0 Å². The number of hydrogen-bond donors (Lipinski definition) is 1. The molecule has 0 aliphatic carbocycles. The van der Waals surface area contributed by atoms with Crippen LogP contribution in [0, 0.1) is 0 Å². The molecule has 1 unspecified atom stereocenters. The van der Waals surface area contributed by atoms with Gasteiger partial charge in [0.25, 0.3) is 0 Å². The van der Waals surface area contributed by atoms with E-state index in [0.717, 1.165) is 18.7 Å². The van der Waals surface area contributed by atoms with E-state index in [-0.39, 0.29) is 17.7 Å². The summed E-state index contributed by atoms with van der Waals surface area (Å²) in [4.78, 5) is 26.0. The van der Waals surface area contributed by atoms with E-state index in [1.807, 2.05) is 24.3 Å². The summed E-state index contributed by atoms with van der Waals surface area (Å²) in [7, 11) is 0. The number of rotatable bonds is 10. The Morgan fingerprint density at radius 2 is 1.84 bits per heavy atom. The molecule has 1 aliphatic heterocycles. The first-order valence-corrected chi connectivity index (χ1v) is 11.0. The molecule has 31 heavy (non-hydrogen) atoms. The van der Waals surface area contributed by atoms with Crippen molar-refractivity contribution in [3.63, 3.8) is 0 Å². The molecule has 7 heteroatoms. The first-order chi connectivity index (χ1) is 15.0. The molecule has 0 spiro atoms. The summed E-state index contributed by atoms with van der Waals surface area (Å²) in [6.45, 7) is 5.44. The first kappa shape index (κ1) is 23.3. The van der Waals surface area contributed by atoms with Gasteiger partial charge in [-0.1, -0.05) is 29.8 Å². The van der Waals surface area contributed by atoms with Crippen LogP contribution in [0.4, 0.5) is 0 Å². The number of nitrogens with one attached hydrogen (secondary N) is 1.